The molecule has 0 aliphatic heterocycles. The highest BCUT2D eigenvalue weighted by atomic mass is 79.9. The Bertz CT molecular complexity index is 520. The molecule has 2 aromatic rings. The summed E-state index contributed by atoms with van der Waals surface area (Å²) in [7, 11) is 0. The van der Waals surface area contributed by atoms with E-state index < -0.39 is 0 Å². The molecule has 0 radical (unpaired) electrons. The summed E-state index contributed by atoms with van der Waals surface area (Å²) in [6.45, 7) is 2.35. The van der Waals surface area contributed by atoms with Crippen molar-refractivity contribution >= 4 is 21.8 Å². The number of amides is 1. The number of rotatable bonds is 3. The molecule has 1 aromatic heterocycles. The minimum Gasteiger partial charge on any atom is -0.467 e. The maximum Gasteiger partial charge on any atom is 0.252 e. The average Bonchev–Trinajstić information content (AvgIpc) is 2.82. The van der Waals surface area contributed by atoms with E-state index in [-0.39, 0.29) is 5.91 Å². The van der Waals surface area contributed by atoms with Crippen molar-refractivity contribution in [3.05, 3.63) is 58.0 Å². The SMILES string of the molecule is Cc1ccc(Br)c(C(=O)NCc2ccco2)c1. The van der Waals surface area contributed by atoms with Crippen LogP contribution in [0.15, 0.2) is 45.5 Å². The van der Waals surface area contributed by atoms with E-state index in [1.165, 1.54) is 0 Å². The third-order valence-corrected chi connectivity index (χ3v) is 3.06. The fourth-order valence-corrected chi connectivity index (χ4v) is 1.92. The molecule has 3 nitrogen and oxygen atoms in total. The van der Waals surface area contributed by atoms with Gasteiger partial charge in [-0.25, -0.2) is 0 Å². The van der Waals surface area contributed by atoms with E-state index in [9.17, 15) is 4.79 Å². The van der Waals surface area contributed by atoms with Crippen LogP contribution in [0.2, 0.25) is 0 Å². The molecule has 2 rings (SSSR count). The van der Waals surface area contributed by atoms with Crippen molar-refractivity contribution in [1.29, 1.82) is 0 Å². The van der Waals surface area contributed by atoms with E-state index in [2.05, 4.69) is 21.2 Å². The average molecular weight is 294 g/mol. The van der Waals surface area contributed by atoms with Crippen LogP contribution >= 0.6 is 15.9 Å². The maximum atomic E-state index is 11.9. The molecule has 0 spiro atoms. The summed E-state index contributed by atoms with van der Waals surface area (Å²) in [5.41, 5.74) is 1.69. The minimum atomic E-state index is -0.114. The normalized spacial score (nSPS) is 10.2. The van der Waals surface area contributed by atoms with Crippen molar-refractivity contribution in [3.8, 4) is 0 Å². The van der Waals surface area contributed by atoms with Gasteiger partial charge in [-0.1, -0.05) is 11.6 Å². The zero-order valence-electron chi connectivity index (χ0n) is 9.37. The van der Waals surface area contributed by atoms with Crippen LogP contribution in [0, 0.1) is 6.92 Å². The number of halogens is 1. The first-order valence-corrected chi connectivity index (χ1v) is 6.03. The molecule has 0 atom stereocenters. The van der Waals surface area contributed by atoms with Crippen LogP contribution in [0.4, 0.5) is 0 Å². The molecular formula is C13H12BrNO2. The topological polar surface area (TPSA) is 42.2 Å². The van der Waals surface area contributed by atoms with Crippen molar-refractivity contribution in [2.45, 2.75) is 13.5 Å². The largest absolute Gasteiger partial charge is 0.467 e. The summed E-state index contributed by atoms with van der Waals surface area (Å²) in [6.07, 6.45) is 1.59. The predicted molar refractivity (Wildman–Crippen MR) is 68.8 cm³/mol. The van der Waals surface area contributed by atoms with Gasteiger partial charge in [-0.3, -0.25) is 4.79 Å². The molecule has 0 fully saturated rings. The second-order valence-corrected chi connectivity index (χ2v) is 4.60. The number of benzene rings is 1. The highest BCUT2D eigenvalue weighted by Gasteiger charge is 2.10. The van der Waals surface area contributed by atoms with Crippen molar-refractivity contribution in [2.24, 2.45) is 0 Å². The van der Waals surface area contributed by atoms with Gasteiger partial charge in [-0.15, -0.1) is 0 Å². The van der Waals surface area contributed by atoms with Gasteiger partial charge in [0.25, 0.3) is 5.91 Å². The summed E-state index contributed by atoms with van der Waals surface area (Å²) < 4.78 is 5.94. The van der Waals surface area contributed by atoms with Crippen LogP contribution in [0.25, 0.3) is 0 Å². The minimum absolute atomic E-state index is 0.114. The summed E-state index contributed by atoms with van der Waals surface area (Å²) in [6, 6.07) is 9.29. The van der Waals surface area contributed by atoms with Gasteiger partial charge in [-0.2, -0.15) is 0 Å². The Morgan fingerprint density at radius 1 is 1.41 bits per heavy atom. The van der Waals surface area contributed by atoms with Gasteiger partial charge in [0.05, 0.1) is 18.4 Å². The van der Waals surface area contributed by atoms with Crippen molar-refractivity contribution < 1.29 is 9.21 Å². The number of furan rings is 1. The molecule has 88 valence electrons. The predicted octanol–water partition coefficient (Wildman–Crippen LogP) is 3.28. The van der Waals surface area contributed by atoms with Crippen LogP contribution in [0.3, 0.4) is 0 Å². The molecular weight excluding hydrogens is 282 g/mol. The number of aryl methyl sites for hydroxylation is 1. The first-order chi connectivity index (χ1) is 8.16. The Labute approximate surface area is 108 Å². The van der Waals surface area contributed by atoms with Crippen LogP contribution in [-0.4, -0.2) is 5.91 Å². The Morgan fingerprint density at radius 2 is 2.24 bits per heavy atom. The van der Waals surface area contributed by atoms with Crippen molar-refractivity contribution in [3.63, 3.8) is 0 Å². The van der Waals surface area contributed by atoms with E-state index >= 15 is 0 Å². The molecule has 0 aliphatic rings. The van der Waals surface area contributed by atoms with Gasteiger partial charge < -0.3 is 9.73 Å². The molecule has 1 heterocycles. The molecule has 17 heavy (non-hydrogen) atoms. The van der Waals surface area contributed by atoms with Gasteiger partial charge in [0.2, 0.25) is 0 Å². The van der Waals surface area contributed by atoms with Gasteiger partial charge in [0, 0.05) is 4.47 Å². The number of nitrogens with one attached hydrogen (secondary N) is 1. The lowest BCUT2D eigenvalue weighted by atomic mass is 10.1. The molecule has 0 bridgehead atoms. The lowest BCUT2D eigenvalue weighted by molar-refractivity contribution is 0.0947. The van der Waals surface area contributed by atoms with E-state index in [1.54, 1.807) is 12.3 Å². The number of carbonyl (C=O) groups excluding carboxylic acids is 1. The fraction of sp³-hybridized carbons (Fsp3) is 0.154. The molecule has 0 aliphatic carbocycles. The molecule has 0 saturated heterocycles. The Kier molecular flexibility index (Phi) is 3.64. The summed E-state index contributed by atoms with van der Waals surface area (Å²) in [5.74, 6) is 0.624. The van der Waals surface area contributed by atoms with Gasteiger partial charge >= 0.3 is 0 Å². The Balaban J connectivity index is 2.07. The number of hydrogen-bond acceptors (Lipinski definition) is 2. The number of hydrogen-bond donors (Lipinski definition) is 1. The third-order valence-electron chi connectivity index (χ3n) is 2.37. The Morgan fingerprint density at radius 3 is 2.94 bits per heavy atom. The van der Waals surface area contributed by atoms with Crippen LogP contribution in [0.5, 0.6) is 0 Å². The molecule has 4 heteroatoms. The first-order valence-electron chi connectivity index (χ1n) is 5.23. The highest BCUT2D eigenvalue weighted by molar-refractivity contribution is 9.10. The Hall–Kier alpha value is -1.55. The summed E-state index contributed by atoms with van der Waals surface area (Å²) in [4.78, 5) is 11.9. The van der Waals surface area contributed by atoms with Crippen LogP contribution < -0.4 is 5.32 Å². The molecule has 0 saturated carbocycles. The lowest BCUT2D eigenvalue weighted by Gasteiger charge is -2.06. The standard InChI is InChI=1S/C13H12BrNO2/c1-9-4-5-12(14)11(7-9)13(16)15-8-10-3-2-6-17-10/h2-7H,8H2,1H3,(H,15,16). The second-order valence-electron chi connectivity index (χ2n) is 3.75. The van der Waals surface area contributed by atoms with E-state index in [0.29, 0.717) is 12.1 Å². The number of carbonyl (C=O) groups is 1. The third kappa shape index (κ3) is 2.97. The molecule has 1 aromatic carbocycles. The summed E-state index contributed by atoms with van der Waals surface area (Å²) in [5, 5.41) is 2.81. The quantitative estimate of drug-likeness (QED) is 0.944. The smallest absolute Gasteiger partial charge is 0.252 e. The lowest BCUT2D eigenvalue weighted by Crippen LogP contribution is -2.23. The summed E-state index contributed by atoms with van der Waals surface area (Å²) >= 11 is 3.37. The van der Waals surface area contributed by atoms with Gasteiger partial charge in [-0.05, 0) is 47.1 Å². The zero-order chi connectivity index (χ0) is 12.3. The highest BCUT2D eigenvalue weighted by Crippen LogP contribution is 2.18. The van der Waals surface area contributed by atoms with Gasteiger partial charge in [0.15, 0.2) is 0 Å². The fourth-order valence-electron chi connectivity index (χ4n) is 1.49. The first kappa shape index (κ1) is 11.9. The monoisotopic (exact) mass is 293 g/mol. The van der Waals surface area contributed by atoms with E-state index in [1.807, 2.05) is 31.2 Å². The van der Waals surface area contributed by atoms with E-state index in [0.717, 1.165) is 15.8 Å². The second kappa shape index (κ2) is 5.19. The maximum absolute atomic E-state index is 11.9. The van der Waals surface area contributed by atoms with E-state index in [4.69, 9.17) is 4.42 Å². The van der Waals surface area contributed by atoms with Crippen molar-refractivity contribution in [2.75, 3.05) is 0 Å². The molecule has 1 amide bonds. The molecule has 1 N–H and O–H groups in total. The van der Waals surface area contributed by atoms with Crippen LogP contribution in [-0.2, 0) is 6.54 Å². The zero-order valence-corrected chi connectivity index (χ0v) is 11.0. The van der Waals surface area contributed by atoms with Gasteiger partial charge in [0.1, 0.15) is 5.76 Å². The van der Waals surface area contributed by atoms with Crippen LogP contribution in [0.1, 0.15) is 21.7 Å². The van der Waals surface area contributed by atoms with Crippen molar-refractivity contribution in [1.82, 2.24) is 5.32 Å². The molecule has 0 unspecified atom stereocenters.